The average molecular weight is 519 g/mol. The lowest BCUT2D eigenvalue weighted by atomic mass is 9.81. The Morgan fingerprint density at radius 3 is 2.27 bits per heavy atom. The first kappa shape index (κ1) is 29.8. The lowest BCUT2D eigenvalue weighted by Gasteiger charge is -2.15. The summed E-state index contributed by atoms with van der Waals surface area (Å²) in [7, 11) is 6.49. The molecule has 37 heavy (non-hydrogen) atoms. The Labute approximate surface area is 232 Å². The molecule has 1 unspecified atom stereocenters. The number of aryl methyl sites for hydroxylation is 2. The van der Waals surface area contributed by atoms with E-state index < -0.39 is 0 Å². The third-order valence-corrected chi connectivity index (χ3v) is 8.56. The summed E-state index contributed by atoms with van der Waals surface area (Å²) in [6.07, 6.45) is 22.4. The minimum atomic E-state index is 0.145. The topological polar surface area (TPSA) is 34.0 Å². The Bertz CT molecular complexity index is 1110. The highest BCUT2D eigenvalue weighted by Crippen LogP contribution is 2.40. The van der Waals surface area contributed by atoms with Gasteiger partial charge in [0.2, 0.25) is 5.91 Å². The summed E-state index contributed by atoms with van der Waals surface area (Å²) >= 11 is 4.96. The molecule has 1 atom stereocenters. The molecule has 2 heterocycles. The number of allylic oxidation sites excluding steroid dienone is 4. The van der Waals surface area contributed by atoms with Crippen LogP contribution in [0.25, 0.3) is 10.9 Å². The van der Waals surface area contributed by atoms with Gasteiger partial charge in [0.05, 0.1) is 10.5 Å². The van der Waals surface area contributed by atoms with Crippen molar-refractivity contribution in [3.63, 3.8) is 0 Å². The van der Waals surface area contributed by atoms with E-state index in [2.05, 4.69) is 57.3 Å². The van der Waals surface area contributed by atoms with E-state index in [-0.39, 0.29) is 5.91 Å². The molecule has 200 valence electrons. The fourth-order valence-corrected chi connectivity index (χ4v) is 6.19. The Morgan fingerprint density at radius 2 is 1.62 bits per heavy atom. The van der Waals surface area contributed by atoms with Crippen LogP contribution in [-0.2, 0) is 0 Å². The number of nitrogens with one attached hydrogen (secondary N) is 1. The molecule has 3 nitrogen and oxygen atoms in total. The van der Waals surface area contributed by atoms with Crippen LogP contribution < -0.4 is 10.8 Å². The Balaban J connectivity index is 1.55. The molecular formula is C32H47BN2OS. The molecule has 1 aromatic carbocycles. The quantitative estimate of drug-likeness (QED) is 0.116. The summed E-state index contributed by atoms with van der Waals surface area (Å²) in [5.74, 6) is 0.530. The smallest absolute Gasteiger partial charge is 0.231 e. The zero-order valence-corrected chi connectivity index (χ0v) is 24.6. The van der Waals surface area contributed by atoms with Gasteiger partial charge in [-0.2, -0.15) is 0 Å². The fraction of sp³-hybridized carbons (Fsp3) is 0.594. The van der Waals surface area contributed by atoms with Gasteiger partial charge in [0.15, 0.2) is 0 Å². The van der Waals surface area contributed by atoms with Crippen LogP contribution in [0.4, 0.5) is 0 Å². The summed E-state index contributed by atoms with van der Waals surface area (Å²) in [6, 6.07) is 0. The van der Waals surface area contributed by atoms with Gasteiger partial charge in [0.1, 0.15) is 7.85 Å². The van der Waals surface area contributed by atoms with Crippen molar-refractivity contribution < 1.29 is 4.79 Å². The molecule has 2 radical (unpaired) electrons. The number of benzene rings is 1. The normalized spacial score (nSPS) is 16.2. The molecule has 0 aliphatic carbocycles. The van der Waals surface area contributed by atoms with Crippen LogP contribution in [0.5, 0.6) is 0 Å². The third-order valence-electron chi connectivity index (χ3n) is 8.12. The van der Waals surface area contributed by atoms with Gasteiger partial charge >= 0.3 is 0 Å². The second kappa shape index (κ2) is 15.0. The molecule has 0 bridgehead atoms. The number of nitrogens with zero attached hydrogens (tertiary/aromatic N) is 1. The lowest BCUT2D eigenvalue weighted by molar-refractivity contribution is 0.0895. The molecule has 1 aromatic heterocycles. The summed E-state index contributed by atoms with van der Waals surface area (Å²) in [5.41, 5.74) is 6.30. The van der Waals surface area contributed by atoms with Crippen molar-refractivity contribution in [2.45, 2.75) is 116 Å². The van der Waals surface area contributed by atoms with E-state index in [9.17, 15) is 4.79 Å². The minimum Gasteiger partial charge on any atom is -0.316 e. The van der Waals surface area contributed by atoms with Crippen molar-refractivity contribution in [2.24, 2.45) is 0 Å². The van der Waals surface area contributed by atoms with E-state index in [0.29, 0.717) is 12.3 Å². The van der Waals surface area contributed by atoms with Gasteiger partial charge in [0.25, 0.3) is 0 Å². The van der Waals surface area contributed by atoms with Crippen molar-refractivity contribution >= 4 is 42.7 Å². The van der Waals surface area contributed by atoms with Crippen molar-refractivity contribution in [1.29, 1.82) is 0 Å². The molecule has 3 rings (SSSR count). The molecule has 1 fully saturated rings. The molecule has 0 spiro atoms. The van der Waals surface area contributed by atoms with Gasteiger partial charge in [-0.25, -0.2) is 0 Å². The van der Waals surface area contributed by atoms with Gasteiger partial charge in [-0.3, -0.25) is 9.36 Å². The summed E-state index contributed by atoms with van der Waals surface area (Å²) in [5, 5.41) is 5.49. The molecule has 5 heteroatoms. The summed E-state index contributed by atoms with van der Waals surface area (Å²) in [4.78, 5) is 13.5. The van der Waals surface area contributed by atoms with Crippen LogP contribution in [-0.4, -0.2) is 31.4 Å². The second-order valence-corrected chi connectivity index (χ2v) is 11.3. The SMILES string of the molecule is [B]c1c(C)c(C)c2c(C3CCNC3)c(S)n(C(=O)CCCCCCC/C=C\C=C/CCCCC)c2c1C. The number of fused-ring (bicyclic) bond motifs is 1. The molecule has 1 aliphatic heterocycles. The molecule has 1 saturated heterocycles. The maximum absolute atomic E-state index is 13.5. The maximum Gasteiger partial charge on any atom is 0.231 e. The molecule has 0 saturated carbocycles. The Morgan fingerprint density at radius 1 is 0.973 bits per heavy atom. The van der Waals surface area contributed by atoms with Crippen LogP contribution in [0.1, 0.15) is 117 Å². The Hall–Kier alpha value is -1.72. The standard InChI is InChI=1S/C32H47BN2OS/c1-5-6-7-8-9-10-11-12-13-14-15-16-17-18-19-27(36)35-31-25(4)30(33)24(3)23(2)28(31)29(32(35)37)26-20-21-34-22-26/h9-12,26,34,37H,5-8,13-22H2,1-4H3/b10-9-,12-11-. The number of hydrogen-bond donors (Lipinski definition) is 2. The largest absolute Gasteiger partial charge is 0.316 e. The van der Waals surface area contributed by atoms with Gasteiger partial charge in [0, 0.05) is 24.3 Å². The first-order chi connectivity index (χ1) is 17.9. The number of rotatable bonds is 14. The first-order valence-corrected chi connectivity index (χ1v) is 15.0. The van der Waals surface area contributed by atoms with Crippen LogP contribution in [0, 0.1) is 20.8 Å². The predicted molar refractivity (Wildman–Crippen MR) is 164 cm³/mol. The van der Waals surface area contributed by atoms with E-state index in [1.54, 1.807) is 0 Å². The number of carbonyl (C=O) groups excluding carboxylic acids is 1. The number of thiol groups is 1. The van der Waals surface area contributed by atoms with Crippen molar-refractivity contribution in [2.75, 3.05) is 13.1 Å². The van der Waals surface area contributed by atoms with Gasteiger partial charge in [-0.1, -0.05) is 74.4 Å². The monoisotopic (exact) mass is 518 g/mol. The zero-order chi connectivity index (χ0) is 26.8. The van der Waals surface area contributed by atoms with E-state index in [0.717, 1.165) is 65.9 Å². The van der Waals surface area contributed by atoms with Gasteiger partial charge in [-0.05, 0) is 82.5 Å². The highest BCUT2D eigenvalue weighted by molar-refractivity contribution is 7.80. The highest BCUT2D eigenvalue weighted by atomic mass is 32.1. The van der Waals surface area contributed by atoms with Gasteiger partial charge < -0.3 is 5.32 Å². The van der Waals surface area contributed by atoms with Crippen molar-refractivity contribution in [3.05, 3.63) is 46.6 Å². The van der Waals surface area contributed by atoms with Crippen molar-refractivity contribution in [1.82, 2.24) is 9.88 Å². The highest BCUT2D eigenvalue weighted by Gasteiger charge is 2.29. The fourth-order valence-electron chi connectivity index (χ4n) is 5.68. The second-order valence-electron chi connectivity index (χ2n) is 10.8. The lowest BCUT2D eigenvalue weighted by Crippen LogP contribution is -2.18. The molecular weight excluding hydrogens is 471 g/mol. The van der Waals surface area contributed by atoms with Crippen LogP contribution in [0.2, 0.25) is 0 Å². The Kier molecular flexibility index (Phi) is 12.1. The molecule has 1 aliphatic rings. The maximum atomic E-state index is 13.5. The van der Waals surface area contributed by atoms with E-state index in [1.165, 1.54) is 61.5 Å². The van der Waals surface area contributed by atoms with E-state index >= 15 is 0 Å². The predicted octanol–water partition coefficient (Wildman–Crippen LogP) is 7.79. The first-order valence-electron chi connectivity index (χ1n) is 14.6. The van der Waals surface area contributed by atoms with Crippen molar-refractivity contribution in [3.8, 4) is 0 Å². The van der Waals surface area contributed by atoms with Gasteiger partial charge in [-0.15, -0.1) is 12.6 Å². The molecule has 2 aromatic rings. The number of carbonyl (C=O) groups is 1. The average Bonchev–Trinajstić information content (AvgIpc) is 3.52. The van der Waals surface area contributed by atoms with Crippen LogP contribution >= 0.6 is 12.6 Å². The van der Waals surface area contributed by atoms with E-state index in [1.807, 2.05) is 4.57 Å². The third kappa shape index (κ3) is 7.44. The van der Waals surface area contributed by atoms with E-state index in [4.69, 9.17) is 20.5 Å². The summed E-state index contributed by atoms with van der Waals surface area (Å²) < 4.78 is 1.88. The molecule has 1 N–H and O–H groups in total. The van der Waals surface area contributed by atoms with Crippen LogP contribution in [0.3, 0.4) is 0 Å². The van der Waals surface area contributed by atoms with Crippen LogP contribution in [0.15, 0.2) is 29.3 Å². The zero-order valence-electron chi connectivity index (χ0n) is 23.7. The number of hydrogen-bond acceptors (Lipinski definition) is 3. The molecule has 0 amide bonds. The number of aromatic nitrogens is 1. The minimum absolute atomic E-state index is 0.145. The summed E-state index contributed by atoms with van der Waals surface area (Å²) in [6.45, 7) is 10.5. The number of unbranched alkanes of at least 4 members (excludes halogenated alkanes) is 8.